The molecule has 13 heavy (non-hydrogen) atoms. The Hall–Kier alpha value is -1.02. The summed E-state index contributed by atoms with van der Waals surface area (Å²) in [5.74, 6) is 2.03. The number of ether oxygens (including phenoxy) is 1. The van der Waals surface area contributed by atoms with E-state index in [0.29, 0.717) is 11.8 Å². The minimum absolute atomic E-state index is 0.487. The zero-order chi connectivity index (χ0) is 9.26. The summed E-state index contributed by atoms with van der Waals surface area (Å²) in [5, 5.41) is 0. The van der Waals surface area contributed by atoms with Gasteiger partial charge in [0, 0.05) is 11.5 Å². The highest BCUT2D eigenvalue weighted by atomic mass is 16.5. The van der Waals surface area contributed by atoms with Gasteiger partial charge in [0.25, 0.3) is 0 Å². The fourth-order valence-electron chi connectivity index (χ4n) is 1.82. The first kappa shape index (κ1) is 8.57. The predicted molar refractivity (Wildman–Crippen MR) is 52.9 cm³/mol. The molecule has 1 aliphatic heterocycles. The summed E-state index contributed by atoms with van der Waals surface area (Å²) in [6, 6.07) is 8.23. The van der Waals surface area contributed by atoms with Crippen LogP contribution in [-0.2, 0) is 0 Å². The largest absolute Gasteiger partial charge is 0.493 e. The number of hydrogen-bond acceptors (Lipinski definition) is 2. The monoisotopic (exact) mass is 177 g/mol. The normalized spacial score (nSPS) is 22.2. The van der Waals surface area contributed by atoms with E-state index in [2.05, 4.69) is 19.1 Å². The van der Waals surface area contributed by atoms with Crippen LogP contribution in [0.3, 0.4) is 0 Å². The summed E-state index contributed by atoms with van der Waals surface area (Å²) in [7, 11) is 0. The Morgan fingerprint density at radius 2 is 2.31 bits per heavy atom. The first-order valence-corrected chi connectivity index (χ1v) is 4.74. The number of fused-ring (bicyclic) bond motifs is 1. The lowest BCUT2D eigenvalue weighted by Gasteiger charge is -2.15. The molecule has 2 nitrogen and oxygen atoms in total. The van der Waals surface area contributed by atoms with Crippen molar-refractivity contribution in [2.24, 2.45) is 11.7 Å². The van der Waals surface area contributed by atoms with Gasteiger partial charge < -0.3 is 10.5 Å². The van der Waals surface area contributed by atoms with Gasteiger partial charge in [-0.1, -0.05) is 25.1 Å². The van der Waals surface area contributed by atoms with Crippen molar-refractivity contribution in [2.45, 2.75) is 12.8 Å². The van der Waals surface area contributed by atoms with E-state index < -0.39 is 0 Å². The molecule has 0 bridgehead atoms. The maximum Gasteiger partial charge on any atom is 0.122 e. The van der Waals surface area contributed by atoms with Crippen molar-refractivity contribution in [3.8, 4) is 5.75 Å². The molecule has 70 valence electrons. The molecule has 2 heteroatoms. The SMILES string of the molecule is C[C@@H](CN)C1COc2ccccc21. The van der Waals surface area contributed by atoms with Crippen molar-refractivity contribution in [1.29, 1.82) is 0 Å². The topological polar surface area (TPSA) is 35.2 Å². The van der Waals surface area contributed by atoms with E-state index in [0.717, 1.165) is 18.9 Å². The summed E-state index contributed by atoms with van der Waals surface area (Å²) in [6.07, 6.45) is 0. The smallest absolute Gasteiger partial charge is 0.122 e. The highest BCUT2D eigenvalue weighted by Gasteiger charge is 2.27. The van der Waals surface area contributed by atoms with Gasteiger partial charge in [-0.15, -0.1) is 0 Å². The second-order valence-electron chi connectivity index (χ2n) is 3.67. The van der Waals surface area contributed by atoms with Crippen molar-refractivity contribution < 1.29 is 4.74 Å². The maximum absolute atomic E-state index is 5.65. The molecule has 0 saturated carbocycles. The molecule has 1 aromatic carbocycles. The third-order valence-electron chi connectivity index (χ3n) is 2.80. The molecule has 1 aromatic rings. The van der Waals surface area contributed by atoms with Crippen LogP contribution in [-0.4, -0.2) is 13.2 Å². The van der Waals surface area contributed by atoms with Crippen LogP contribution in [0.5, 0.6) is 5.75 Å². The molecule has 1 aliphatic rings. The Bertz CT molecular complexity index is 298. The van der Waals surface area contributed by atoms with Gasteiger partial charge in [-0.2, -0.15) is 0 Å². The molecule has 2 N–H and O–H groups in total. The molecule has 0 fully saturated rings. The van der Waals surface area contributed by atoms with Gasteiger partial charge >= 0.3 is 0 Å². The van der Waals surface area contributed by atoms with E-state index in [1.807, 2.05) is 12.1 Å². The van der Waals surface area contributed by atoms with Gasteiger partial charge in [0.1, 0.15) is 5.75 Å². The lowest BCUT2D eigenvalue weighted by Crippen LogP contribution is -2.20. The van der Waals surface area contributed by atoms with Crippen LogP contribution in [0.4, 0.5) is 0 Å². The molecule has 0 amide bonds. The Kier molecular flexibility index (Phi) is 2.23. The van der Waals surface area contributed by atoms with Gasteiger partial charge in [-0.3, -0.25) is 0 Å². The summed E-state index contributed by atoms with van der Waals surface area (Å²) in [5.41, 5.74) is 6.97. The van der Waals surface area contributed by atoms with Crippen LogP contribution in [0.25, 0.3) is 0 Å². The average Bonchev–Trinajstić information content (AvgIpc) is 2.60. The summed E-state index contributed by atoms with van der Waals surface area (Å²) < 4.78 is 5.58. The molecule has 2 atom stereocenters. The highest BCUT2D eigenvalue weighted by Crippen LogP contribution is 2.37. The van der Waals surface area contributed by atoms with Crippen LogP contribution in [0.1, 0.15) is 18.4 Å². The molecule has 1 unspecified atom stereocenters. The van der Waals surface area contributed by atoms with E-state index in [1.54, 1.807) is 0 Å². The van der Waals surface area contributed by atoms with E-state index in [9.17, 15) is 0 Å². The fourth-order valence-corrected chi connectivity index (χ4v) is 1.82. The van der Waals surface area contributed by atoms with Crippen molar-refractivity contribution in [2.75, 3.05) is 13.2 Å². The van der Waals surface area contributed by atoms with Gasteiger partial charge in [0.2, 0.25) is 0 Å². The number of hydrogen-bond donors (Lipinski definition) is 1. The van der Waals surface area contributed by atoms with Crippen LogP contribution in [0.2, 0.25) is 0 Å². The maximum atomic E-state index is 5.65. The number of nitrogens with two attached hydrogens (primary N) is 1. The lowest BCUT2D eigenvalue weighted by atomic mass is 9.89. The summed E-state index contributed by atoms with van der Waals surface area (Å²) in [4.78, 5) is 0. The van der Waals surface area contributed by atoms with Crippen LogP contribution >= 0.6 is 0 Å². The van der Waals surface area contributed by atoms with Crippen molar-refractivity contribution in [3.63, 3.8) is 0 Å². The predicted octanol–water partition coefficient (Wildman–Crippen LogP) is 1.76. The van der Waals surface area contributed by atoms with E-state index in [4.69, 9.17) is 10.5 Å². The molecular weight excluding hydrogens is 162 g/mol. The zero-order valence-corrected chi connectivity index (χ0v) is 7.86. The van der Waals surface area contributed by atoms with E-state index >= 15 is 0 Å². The van der Waals surface area contributed by atoms with Crippen molar-refractivity contribution >= 4 is 0 Å². The molecule has 0 aromatic heterocycles. The first-order chi connectivity index (χ1) is 6.33. The molecular formula is C11H15NO. The van der Waals surface area contributed by atoms with E-state index in [-0.39, 0.29) is 0 Å². The Balaban J connectivity index is 2.28. The molecule has 0 aliphatic carbocycles. The van der Waals surface area contributed by atoms with Gasteiger partial charge in [-0.05, 0) is 18.5 Å². The molecule has 0 radical (unpaired) electrons. The first-order valence-electron chi connectivity index (χ1n) is 4.74. The Morgan fingerprint density at radius 1 is 1.54 bits per heavy atom. The van der Waals surface area contributed by atoms with Crippen LogP contribution in [0, 0.1) is 5.92 Å². The lowest BCUT2D eigenvalue weighted by molar-refractivity contribution is 0.299. The fraction of sp³-hybridized carbons (Fsp3) is 0.455. The third-order valence-corrected chi connectivity index (χ3v) is 2.80. The Labute approximate surface area is 78.7 Å². The quantitative estimate of drug-likeness (QED) is 0.747. The molecule has 2 rings (SSSR count). The van der Waals surface area contributed by atoms with Gasteiger partial charge in [0.05, 0.1) is 6.61 Å². The second kappa shape index (κ2) is 3.38. The van der Waals surface area contributed by atoms with E-state index in [1.165, 1.54) is 5.56 Å². The number of rotatable bonds is 2. The summed E-state index contributed by atoms with van der Waals surface area (Å²) in [6.45, 7) is 3.69. The standard InChI is InChI=1S/C11H15NO/c1-8(6-12)10-7-13-11-5-3-2-4-9(10)11/h2-5,8,10H,6-7,12H2,1H3/t8-,10?/m0/s1. The third kappa shape index (κ3) is 1.42. The molecule has 0 spiro atoms. The second-order valence-corrected chi connectivity index (χ2v) is 3.67. The zero-order valence-electron chi connectivity index (χ0n) is 7.86. The minimum Gasteiger partial charge on any atom is -0.493 e. The summed E-state index contributed by atoms with van der Waals surface area (Å²) >= 11 is 0. The number of benzene rings is 1. The molecule has 1 heterocycles. The van der Waals surface area contributed by atoms with Gasteiger partial charge in [0.15, 0.2) is 0 Å². The van der Waals surface area contributed by atoms with Crippen LogP contribution in [0.15, 0.2) is 24.3 Å². The van der Waals surface area contributed by atoms with Gasteiger partial charge in [-0.25, -0.2) is 0 Å². The Morgan fingerprint density at radius 3 is 3.08 bits per heavy atom. The van der Waals surface area contributed by atoms with Crippen LogP contribution < -0.4 is 10.5 Å². The minimum atomic E-state index is 0.487. The highest BCUT2D eigenvalue weighted by molar-refractivity contribution is 5.39. The number of para-hydroxylation sites is 1. The molecule has 0 saturated heterocycles. The van der Waals surface area contributed by atoms with Crippen molar-refractivity contribution in [3.05, 3.63) is 29.8 Å². The van der Waals surface area contributed by atoms with Crippen molar-refractivity contribution in [1.82, 2.24) is 0 Å². The average molecular weight is 177 g/mol.